The fourth-order valence-electron chi connectivity index (χ4n) is 3.97. The summed E-state index contributed by atoms with van der Waals surface area (Å²) < 4.78 is 5.61. The summed E-state index contributed by atoms with van der Waals surface area (Å²) in [6, 6.07) is 1.53. The van der Waals surface area contributed by atoms with Crippen LogP contribution in [-0.4, -0.2) is 37.9 Å². The minimum atomic E-state index is 0.373. The minimum Gasteiger partial charge on any atom is -0.379 e. The first kappa shape index (κ1) is 17.2. The highest BCUT2D eigenvalue weighted by molar-refractivity contribution is 4.90. The molecular formula is C18H36N2O. The van der Waals surface area contributed by atoms with Gasteiger partial charge in [-0.3, -0.25) is 0 Å². The van der Waals surface area contributed by atoms with Crippen LogP contribution in [0.3, 0.4) is 0 Å². The van der Waals surface area contributed by atoms with Crippen LogP contribution >= 0.6 is 0 Å². The molecule has 1 heterocycles. The molecule has 1 saturated carbocycles. The van der Waals surface area contributed by atoms with Crippen molar-refractivity contribution in [2.24, 2.45) is 5.92 Å². The minimum absolute atomic E-state index is 0.373. The third-order valence-electron chi connectivity index (χ3n) is 5.11. The number of unbranched alkanes of at least 4 members (excludes halogenated alkanes) is 1. The Morgan fingerprint density at radius 2 is 1.86 bits per heavy atom. The van der Waals surface area contributed by atoms with E-state index < -0.39 is 0 Å². The Hall–Kier alpha value is -0.120. The first-order valence-electron chi connectivity index (χ1n) is 9.35. The Bertz CT molecular complexity index is 264. The third kappa shape index (κ3) is 6.25. The molecule has 0 spiro atoms. The molecule has 1 aliphatic heterocycles. The van der Waals surface area contributed by atoms with Crippen molar-refractivity contribution in [1.29, 1.82) is 0 Å². The highest BCUT2D eigenvalue weighted by atomic mass is 16.5. The number of nitrogens with one attached hydrogen (secondary N) is 2. The fraction of sp³-hybridized carbons (Fsp3) is 1.00. The SMILES string of the molecule is CC(C)OCCCCNC1CCCCC1C1CCCCN1. The average Bonchev–Trinajstić information content (AvgIpc) is 2.52. The first-order chi connectivity index (χ1) is 10.3. The summed E-state index contributed by atoms with van der Waals surface area (Å²) >= 11 is 0. The van der Waals surface area contributed by atoms with Crippen molar-refractivity contribution in [2.75, 3.05) is 19.7 Å². The van der Waals surface area contributed by atoms with Gasteiger partial charge in [-0.1, -0.05) is 19.3 Å². The maximum atomic E-state index is 5.61. The Morgan fingerprint density at radius 1 is 1.05 bits per heavy atom. The summed E-state index contributed by atoms with van der Waals surface area (Å²) in [5.41, 5.74) is 0. The van der Waals surface area contributed by atoms with Crippen molar-refractivity contribution in [3.05, 3.63) is 0 Å². The van der Waals surface area contributed by atoms with Gasteiger partial charge in [0.25, 0.3) is 0 Å². The molecule has 2 rings (SSSR count). The van der Waals surface area contributed by atoms with Gasteiger partial charge in [0.1, 0.15) is 0 Å². The summed E-state index contributed by atoms with van der Waals surface area (Å²) in [6.45, 7) is 7.54. The number of ether oxygens (including phenoxy) is 1. The van der Waals surface area contributed by atoms with E-state index in [0.29, 0.717) is 6.10 Å². The topological polar surface area (TPSA) is 33.3 Å². The van der Waals surface area contributed by atoms with E-state index in [4.69, 9.17) is 4.74 Å². The molecule has 3 nitrogen and oxygen atoms in total. The van der Waals surface area contributed by atoms with Crippen molar-refractivity contribution in [3.8, 4) is 0 Å². The molecule has 1 saturated heterocycles. The zero-order valence-electron chi connectivity index (χ0n) is 14.2. The molecule has 0 aromatic carbocycles. The van der Waals surface area contributed by atoms with E-state index in [2.05, 4.69) is 24.5 Å². The molecule has 124 valence electrons. The predicted molar refractivity (Wildman–Crippen MR) is 89.7 cm³/mol. The van der Waals surface area contributed by atoms with Crippen molar-refractivity contribution < 1.29 is 4.74 Å². The van der Waals surface area contributed by atoms with Crippen LogP contribution in [0.1, 0.15) is 71.6 Å². The standard InChI is InChI=1S/C18H36N2O/c1-15(2)21-14-8-7-13-20-17-10-4-3-9-16(17)18-11-5-6-12-19-18/h15-20H,3-14H2,1-2H3. The van der Waals surface area contributed by atoms with Gasteiger partial charge in [0.15, 0.2) is 0 Å². The number of piperidine rings is 1. The zero-order valence-corrected chi connectivity index (χ0v) is 14.2. The second kappa shape index (κ2) is 9.81. The lowest BCUT2D eigenvalue weighted by Gasteiger charge is -2.40. The van der Waals surface area contributed by atoms with Crippen LogP contribution in [0, 0.1) is 5.92 Å². The smallest absolute Gasteiger partial charge is 0.0518 e. The van der Waals surface area contributed by atoms with E-state index >= 15 is 0 Å². The Kier molecular flexibility index (Phi) is 8.05. The number of hydrogen-bond donors (Lipinski definition) is 2. The van der Waals surface area contributed by atoms with E-state index in [1.807, 2.05) is 0 Å². The lowest BCUT2D eigenvalue weighted by atomic mass is 9.77. The van der Waals surface area contributed by atoms with Crippen LogP contribution in [0.2, 0.25) is 0 Å². The molecule has 3 atom stereocenters. The molecule has 1 aliphatic carbocycles. The second-order valence-electron chi connectivity index (χ2n) is 7.19. The molecule has 2 fully saturated rings. The Labute approximate surface area is 131 Å². The molecule has 3 heteroatoms. The molecule has 0 radical (unpaired) electrons. The molecule has 0 aromatic heterocycles. The quantitative estimate of drug-likeness (QED) is 0.673. The second-order valence-corrected chi connectivity index (χ2v) is 7.19. The average molecular weight is 296 g/mol. The van der Waals surface area contributed by atoms with E-state index in [0.717, 1.165) is 31.2 Å². The van der Waals surface area contributed by atoms with Crippen molar-refractivity contribution in [3.63, 3.8) is 0 Å². The highest BCUT2D eigenvalue weighted by Gasteiger charge is 2.31. The van der Waals surface area contributed by atoms with Gasteiger partial charge < -0.3 is 15.4 Å². The highest BCUT2D eigenvalue weighted by Crippen LogP contribution is 2.30. The molecule has 3 unspecified atom stereocenters. The van der Waals surface area contributed by atoms with Gasteiger partial charge in [-0.05, 0) is 71.4 Å². The van der Waals surface area contributed by atoms with E-state index in [9.17, 15) is 0 Å². The van der Waals surface area contributed by atoms with Crippen molar-refractivity contribution in [1.82, 2.24) is 10.6 Å². The summed E-state index contributed by atoms with van der Waals surface area (Å²) in [6.07, 6.45) is 12.6. The monoisotopic (exact) mass is 296 g/mol. The zero-order chi connectivity index (χ0) is 14.9. The lowest BCUT2D eigenvalue weighted by Crippen LogP contribution is -2.50. The van der Waals surface area contributed by atoms with Crippen LogP contribution in [0.4, 0.5) is 0 Å². The number of rotatable bonds is 8. The fourth-order valence-corrected chi connectivity index (χ4v) is 3.97. The third-order valence-corrected chi connectivity index (χ3v) is 5.11. The van der Waals surface area contributed by atoms with Crippen LogP contribution in [-0.2, 0) is 4.74 Å². The lowest BCUT2D eigenvalue weighted by molar-refractivity contribution is 0.0756. The molecule has 2 N–H and O–H groups in total. The van der Waals surface area contributed by atoms with E-state index in [1.165, 1.54) is 64.3 Å². The van der Waals surface area contributed by atoms with Crippen molar-refractivity contribution in [2.45, 2.75) is 89.8 Å². The van der Waals surface area contributed by atoms with Gasteiger partial charge in [-0.25, -0.2) is 0 Å². The maximum absolute atomic E-state index is 5.61. The Morgan fingerprint density at radius 3 is 2.62 bits per heavy atom. The summed E-state index contributed by atoms with van der Waals surface area (Å²) in [5.74, 6) is 0.867. The van der Waals surface area contributed by atoms with Crippen LogP contribution in [0.15, 0.2) is 0 Å². The van der Waals surface area contributed by atoms with E-state index in [1.54, 1.807) is 0 Å². The molecule has 0 aromatic rings. The molecule has 2 aliphatic rings. The van der Waals surface area contributed by atoms with Crippen LogP contribution in [0.5, 0.6) is 0 Å². The summed E-state index contributed by atoms with van der Waals surface area (Å²) in [4.78, 5) is 0. The summed E-state index contributed by atoms with van der Waals surface area (Å²) in [5, 5.41) is 7.64. The summed E-state index contributed by atoms with van der Waals surface area (Å²) in [7, 11) is 0. The first-order valence-corrected chi connectivity index (χ1v) is 9.35. The maximum Gasteiger partial charge on any atom is 0.0518 e. The Balaban J connectivity index is 1.64. The van der Waals surface area contributed by atoms with Gasteiger partial charge >= 0.3 is 0 Å². The molecule has 0 amide bonds. The predicted octanol–water partition coefficient (Wildman–Crippen LogP) is 3.48. The molecule has 0 bridgehead atoms. The number of hydrogen-bond acceptors (Lipinski definition) is 3. The van der Waals surface area contributed by atoms with Gasteiger partial charge in [-0.2, -0.15) is 0 Å². The molecule has 21 heavy (non-hydrogen) atoms. The molecular weight excluding hydrogens is 260 g/mol. The van der Waals surface area contributed by atoms with Crippen LogP contribution < -0.4 is 10.6 Å². The van der Waals surface area contributed by atoms with Gasteiger partial charge in [0.2, 0.25) is 0 Å². The van der Waals surface area contributed by atoms with E-state index in [-0.39, 0.29) is 0 Å². The van der Waals surface area contributed by atoms with Crippen molar-refractivity contribution >= 4 is 0 Å². The van der Waals surface area contributed by atoms with Gasteiger partial charge in [-0.15, -0.1) is 0 Å². The normalized spacial score (nSPS) is 30.7. The van der Waals surface area contributed by atoms with Gasteiger partial charge in [0, 0.05) is 18.7 Å². The largest absolute Gasteiger partial charge is 0.379 e. The van der Waals surface area contributed by atoms with Crippen LogP contribution in [0.25, 0.3) is 0 Å². The van der Waals surface area contributed by atoms with Gasteiger partial charge in [0.05, 0.1) is 6.10 Å².